The number of pyridine rings is 2. The first-order chi connectivity index (χ1) is 10.00. The monoisotopic (exact) mass is 367 g/mol. The van der Waals surface area contributed by atoms with E-state index in [0.29, 0.717) is 17.2 Å². The van der Waals surface area contributed by atoms with Crippen molar-refractivity contribution >= 4 is 21.7 Å². The van der Waals surface area contributed by atoms with Crippen LogP contribution in [-0.4, -0.2) is 20.2 Å². The van der Waals surface area contributed by atoms with E-state index in [-0.39, 0.29) is 0 Å². The van der Waals surface area contributed by atoms with Gasteiger partial charge in [0.25, 0.3) is 0 Å². The van der Waals surface area contributed by atoms with Crippen molar-refractivity contribution < 1.29 is 10.2 Å². The molecule has 0 radical (unpaired) electrons. The fraction of sp³-hybridized carbons (Fsp3) is 0.375. The molecule has 0 amide bonds. The van der Waals surface area contributed by atoms with Gasteiger partial charge in [-0.15, -0.1) is 0 Å². The molecule has 0 aliphatic rings. The summed E-state index contributed by atoms with van der Waals surface area (Å²) in [6.45, 7) is 6.77. The predicted octanol–water partition coefficient (Wildman–Crippen LogP) is 2.96. The summed E-state index contributed by atoms with van der Waals surface area (Å²) in [5, 5.41) is 19.0. The maximum absolute atomic E-state index is 9.53. The first kappa shape index (κ1) is 18.5. The third-order valence-corrected chi connectivity index (χ3v) is 3.18. The topological polar surface area (TPSA) is 92.3 Å². The second-order valence-corrected chi connectivity index (χ2v) is 6.72. The van der Waals surface area contributed by atoms with Crippen molar-refractivity contribution in [2.75, 3.05) is 5.73 Å². The van der Waals surface area contributed by atoms with Crippen LogP contribution in [0, 0.1) is 0 Å². The Hall–Kier alpha value is -1.50. The zero-order valence-electron chi connectivity index (χ0n) is 13.2. The molecule has 0 aromatic carbocycles. The average Bonchev–Trinajstić information content (AvgIpc) is 2.37. The fourth-order valence-corrected chi connectivity index (χ4v) is 1.88. The van der Waals surface area contributed by atoms with Crippen LogP contribution in [-0.2, 0) is 11.2 Å². The standard InChI is InChI=1S/C8H10BrNO.C8H12N2O/c2*1-8(2,11)6-4-3-5-7(9)10-6/h3-5,11H,1-2H3;3-5,11H,1-2H3,(H2,9,10). The molecule has 2 aromatic rings. The average molecular weight is 368 g/mol. The van der Waals surface area contributed by atoms with Crippen molar-refractivity contribution in [3.8, 4) is 0 Å². The second-order valence-electron chi connectivity index (χ2n) is 5.91. The van der Waals surface area contributed by atoms with Crippen LogP contribution in [0.15, 0.2) is 41.0 Å². The molecule has 0 saturated heterocycles. The van der Waals surface area contributed by atoms with Gasteiger partial charge in [0.1, 0.15) is 21.6 Å². The number of aromatic nitrogens is 2. The highest BCUT2D eigenvalue weighted by Gasteiger charge is 2.17. The molecule has 2 heterocycles. The Morgan fingerprint density at radius 2 is 1.32 bits per heavy atom. The SMILES string of the molecule is CC(C)(O)c1cccc(Br)n1.CC(C)(O)c1cccc(N)n1. The highest BCUT2D eigenvalue weighted by Crippen LogP contribution is 2.19. The molecular weight excluding hydrogens is 346 g/mol. The Morgan fingerprint density at radius 3 is 1.64 bits per heavy atom. The van der Waals surface area contributed by atoms with Gasteiger partial charge in [-0.05, 0) is 67.9 Å². The summed E-state index contributed by atoms with van der Waals surface area (Å²) in [4.78, 5) is 8.08. The first-order valence-corrected chi connectivity index (χ1v) is 7.60. The van der Waals surface area contributed by atoms with E-state index in [1.165, 1.54) is 0 Å². The van der Waals surface area contributed by atoms with E-state index in [4.69, 9.17) is 5.73 Å². The van der Waals surface area contributed by atoms with E-state index in [1.807, 2.05) is 12.1 Å². The van der Waals surface area contributed by atoms with Crippen molar-refractivity contribution in [2.45, 2.75) is 38.9 Å². The van der Waals surface area contributed by atoms with Gasteiger partial charge in [-0.1, -0.05) is 12.1 Å². The molecule has 0 atom stereocenters. The Bertz CT molecular complexity index is 564. The van der Waals surface area contributed by atoms with Gasteiger partial charge < -0.3 is 15.9 Å². The van der Waals surface area contributed by atoms with Crippen LogP contribution >= 0.6 is 15.9 Å². The molecule has 4 N–H and O–H groups in total. The number of aliphatic hydroxyl groups is 2. The summed E-state index contributed by atoms with van der Waals surface area (Å²) in [5.41, 5.74) is 4.94. The normalized spacial score (nSPS) is 11.6. The van der Waals surface area contributed by atoms with Gasteiger partial charge in [0, 0.05) is 0 Å². The van der Waals surface area contributed by atoms with E-state index < -0.39 is 11.2 Å². The van der Waals surface area contributed by atoms with Crippen molar-refractivity contribution in [3.63, 3.8) is 0 Å². The maximum Gasteiger partial charge on any atom is 0.123 e. The van der Waals surface area contributed by atoms with Crippen molar-refractivity contribution in [3.05, 3.63) is 52.4 Å². The molecule has 0 unspecified atom stereocenters. The molecule has 0 saturated carbocycles. The quantitative estimate of drug-likeness (QED) is 0.709. The van der Waals surface area contributed by atoms with E-state index >= 15 is 0 Å². The Labute approximate surface area is 139 Å². The first-order valence-electron chi connectivity index (χ1n) is 6.81. The van der Waals surface area contributed by atoms with E-state index in [9.17, 15) is 10.2 Å². The van der Waals surface area contributed by atoms with Gasteiger partial charge in [0.2, 0.25) is 0 Å². The molecule has 0 fully saturated rings. The third-order valence-electron chi connectivity index (χ3n) is 2.74. The number of nitrogen functional groups attached to an aromatic ring is 1. The molecule has 120 valence electrons. The minimum absolute atomic E-state index is 0.435. The zero-order valence-corrected chi connectivity index (χ0v) is 14.8. The maximum atomic E-state index is 9.53. The van der Waals surface area contributed by atoms with E-state index in [2.05, 4.69) is 25.9 Å². The minimum Gasteiger partial charge on any atom is -0.384 e. The summed E-state index contributed by atoms with van der Waals surface area (Å²) in [5.74, 6) is 0.435. The van der Waals surface area contributed by atoms with Gasteiger partial charge >= 0.3 is 0 Å². The molecule has 22 heavy (non-hydrogen) atoms. The number of anilines is 1. The lowest BCUT2D eigenvalue weighted by Crippen LogP contribution is -2.17. The summed E-state index contributed by atoms with van der Waals surface area (Å²) < 4.78 is 0.747. The number of halogens is 1. The smallest absolute Gasteiger partial charge is 0.123 e. The van der Waals surface area contributed by atoms with Crippen LogP contribution in [0.1, 0.15) is 39.1 Å². The summed E-state index contributed by atoms with van der Waals surface area (Å²) in [6, 6.07) is 10.7. The zero-order chi connectivity index (χ0) is 17.0. The summed E-state index contributed by atoms with van der Waals surface area (Å²) in [6.07, 6.45) is 0. The van der Waals surface area contributed by atoms with E-state index in [1.54, 1.807) is 52.0 Å². The molecule has 5 nitrogen and oxygen atoms in total. The van der Waals surface area contributed by atoms with Crippen LogP contribution in [0.3, 0.4) is 0 Å². The molecule has 6 heteroatoms. The molecule has 0 spiro atoms. The molecule has 2 rings (SSSR count). The summed E-state index contributed by atoms with van der Waals surface area (Å²) in [7, 11) is 0. The van der Waals surface area contributed by atoms with Gasteiger partial charge in [-0.3, -0.25) is 0 Å². The Balaban J connectivity index is 0.000000220. The number of hydrogen-bond acceptors (Lipinski definition) is 5. The van der Waals surface area contributed by atoms with Crippen LogP contribution in [0.4, 0.5) is 5.82 Å². The molecule has 0 aliphatic carbocycles. The molecular formula is C16H22BrN3O2. The van der Waals surface area contributed by atoms with Crippen LogP contribution < -0.4 is 5.73 Å². The van der Waals surface area contributed by atoms with Crippen molar-refractivity contribution in [1.82, 2.24) is 9.97 Å². The number of nitrogens with two attached hydrogens (primary N) is 1. The largest absolute Gasteiger partial charge is 0.384 e. The Morgan fingerprint density at radius 1 is 0.864 bits per heavy atom. The van der Waals surface area contributed by atoms with Crippen LogP contribution in [0.5, 0.6) is 0 Å². The van der Waals surface area contributed by atoms with Crippen LogP contribution in [0.25, 0.3) is 0 Å². The van der Waals surface area contributed by atoms with Crippen molar-refractivity contribution in [1.29, 1.82) is 0 Å². The van der Waals surface area contributed by atoms with Gasteiger partial charge in [-0.2, -0.15) is 0 Å². The highest BCUT2D eigenvalue weighted by atomic mass is 79.9. The Kier molecular flexibility index (Phi) is 6.05. The number of rotatable bonds is 2. The molecule has 0 aliphatic heterocycles. The highest BCUT2D eigenvalue weighted by molar-refractivity contribution is 9.10. The predicted molar refractivity (Wildman–Crippen MR) is 91.1 cm³/mol. The van der Waals surface area contributed by atoms with Gasteiger partial charge in [-0.25, -0.2) is 9.97 Å². The van der Waals surface area contributed by atoms with Gasteiger partial charge in [0.15, 0.2) is 0 Å². The third kappa shape index (κ3) is 6.09. The number of hydrogen-bond donors (Lipinski definition) is 3. The van der Waals surface area contributed by atoms with Crippen LogP contribution in [0.2, 0.25) is 0 Å². The molecule has 0 bridgehead atoms. The van der Waals surface area contributed by atoms with E-state index in [0.717, 1.165) is 4.60 Å². The minimum atomic E-state index is -0.907. The lowest BCUT2D eigenvalue weighted by atomic mass is 10.1. The molecule has 2 aromatic heterocycles. The van der Waals surface area contributed by atoms with Gasteiger partial charge in [0.05, 0.1) is 11.4 Å². The summed E-state index contributed by atoms with van der Waals surface area (Å²) >= 11 is 3.23. The lowest BCUT2D eigenvalue weighted by Gasteiger charge is -2.16. The lowest BCUT2D eigenvalue weighted by molar-refractivity contribution is 0.0733. The fourth-order valence-electron chi connectivity index (χ4n) is 1.54. The number of nitrogens with zero attached hydrogens (tertiary/aromatic N) is 2. The van der Waals surface area contributed by atoms with Crippen molar-refractivity contribution in [2.24, 2.45) is 0 Å². The second kappa shape index (κ2) is 7.17.